The first kappa shape index (κ1) is 21.0. The summed E-state index contributed by atoms with van der Waals surface area (Å²) < 4.78 is 5.99. The summed E-state index contributed by atoms with van der Waals surface area (Å²) in [5.41, 5.74) is 3.37. The zero-order valence-corrected chi connectivity index (χ0v) is 19.1. The number of carbonyl (C=O) groups is 1. The van der Waals surface area contributed by atoms with E-state index in [1.54, 1.807) is 0 Å². The molecule has 1 unspecified atom stereocenters. The lowest BCUT2D eigenvalue weighted by Gasteiger charge is -2.18. The van der Waals surface area contributed by atoms with Crippen molar-refractivity contribution in [2.24, 2.45) is 0 Å². The summed E-state index contributed by atoms with van der Waals surface area (Å²) in [5.74, 6) is 0.522. The molecule has 0 spiro atoms. The zero-order chi connectivity index (χ0) is 22.1. The average molecular weight is 465 g/mol. The first-order valence-electron chi connectivity index (χ1n) is 10.5. The van der Waals surface area contributed by atoms with Crippen LogP contribution in [0.4, 0.5) is 0 Å². The second-order valence-corrected chi connectivity index (χ2v) is 9.47. The maximum Gasteiger partial charge on any atom is 0.277 e. The summed E-state index contributed by atoms with van der Waals surface area (Å²) in [7, 11) is 0. The fourth-order valence-electron chi connectivity index (χ4n) is 3.88. The minimum absolute atomic E-state index is 0.117. The lowest BCUT2D eigenvalue weighted by atomic mass is 10.0. The third-order valence-corrected chi connectivity index (χ3v) is 6.71. The van der Waals surface area contributed by atoms with Crippen LogP contribution in [-0.4, -0.2) is 44.3 Å². The second-order valence-electron chi connectivity index (χ2n) is 7.74. The molecule has 2 aromatic heterocycles. The number of hydrogen-bond acceptors (Lipinski definition) is 6. The number of halogens is 1. The molecule has 1 fully saturated rings. The van der Waals surface area contributed by atoms with Crippen LogP contribution in [0.3, 0.4) is 0 Å². The minimum atomic E-state index is -0.278. The maximum absolute atomic E-state index is 12.6. The summed E-state index contributed by atoms with van der Waals surface area (Å²) in [6.07, 6.45) is 2.14. The minimum Gasteiger partial charge on any atom is -0.411 e. The van der Waals surface area contributed by atoms with Gasteiger partial charge >= 0.3 is 0 Å². The standard InChI is InChI=1S/C24H21ClN4O2S/c1-15(23(30)29-12-4-5-13-29)32-24-28-27-22(31-24)19-14-21(16-8-10-17(25)11-9-16)26-20-7-3-2-6-18(19)20/h2-3,6-11,14-15H,4-5,12-13H2,1H3. The van der Waals surface area contributed by atoms with Gasteiger partial charge in [0.05, 0.1) is 22.0 Å². The predicted molar refractivity (Wildman–Crippen MR) is 127 cm³/mol. The Labute approximate surface area is 195 Å². The van der Waals surface area contributed by atoms with E-state index in [4.69, 9.17) is 21.0 Å². The van der Waals surface area contributed by atoms with Crippen LogP contribution in [0.15, 0.2) is 64.2 Å². The van der Waals surface area contributed by atoms with Crippen molar-refractivity contribution in [1.82, 2.24) is 20.1 Å². The van der Waals surface area contributed by atoms with Crippen LogP contribution < -0.4 is 0 Å². The number of aromatic nitrogens is 3. The van der Waals surface area contributed by atoms with Crippen LogP contribution in [-0.2, 0) is 4.79 Å². The molecule has 0 N–H and O–H groups in total. The Hall–Kier alpha value is -2.90. The van der Waals surface area contributed by atoms with Gasteiger partial charge in [0.2, 0.25) is 11.8 Å². The van der Waals surface area contributed by atoms with Gasteiger partial charge in [0.25, 0.3) is 5.22 Å². The number of carbonyl (C=O) groups excluding carboxylic acids is 1. The van der Waals surface area contributed by atoms with Gasteiger partial charge in [-0.2, -0.15) is 0 Å². The molecule has 162 valence electrons. The monoisotopic (exact) mass is 464 g/mol. The van der Waals surface area contributed by atoms with Gasteiger partial charge in [-0.15, -0.1) is 10.2 Å². The number of hydrogen-bond donors (Lipinski definition) is 0. The van der Waals surface area contributed by atoms with Crippen LogP contribution in [0.25, 0.3) is 33.6 Å². The Morgan fingerprint density at radius 1 is 1.09 bits per heavy atom. The largest absolute Gasteiger partial charge is 0.411 e. The van der Waals surface area contributed by atoms with Crippen LogP contribution in [0.5, 0.6) is 0 Å². The van der Waals surface area contributed by atoms with Crippen molar-refractivity contribution in [1.29, 1.82) is 0 Å². The predicted octanol–water partition coefficient (Wildman–Crippen LogP) is 5.71. The van der Waals surface area contributed by atoms with E-state index in [0.29, 0.717) is 16.1 Å². The van der Waals surface area contributed by atoms with E-state index >= 15 is 0 Å². The van der Waals surface area contributed by atoms with E-state index in [1.165, 1.54) is 11.8 Å². The number of rotatable bonds is 5. The molecule has 32 heavy (non-hydrogen) atoms. The van der Waals surface area contributed by atoms with Crippen LogP contribution in [0.2, 0.25) is 5.02 Å². The van der Waals surface area contributed by atoms with Crippen molar-refractivity contribution < 1.29 is 9.21 Å². The molecule has 0 bridgehead atoms. The lowest BCUT2D eigenvalue weighted by molar-refractivity contribution is -0.129. The number of para-hydroxylation sites is 1. The molecule has 8 heteroatoms. The highest BCUT2D eigenvalue weighted by Gasteiger charge is 2.26. The quantitative estimate of drug-likeness (QED) is 0.352. The van der Waals surface area contributed by atoms with Crippen molar-refractivity contribution in [3.05, 3.63) is 59.6 Å². The van der Waals surface area contributed by atoms with Gasteiger partial charge in [-0.25, -0.2) is 4.98 Å². The number of fused-ring (bicyclic) bond motifs is 1. The van der Waals surface area contributed by atoms with Crippen molar-refractivity contribution >= 4 is 40.2 Å². The number of thioether (sulfide) groups is 1. The van der Waals surface area contributed by atoms with E-state index in [1.807, 2.05) is 66.4 Å². The molecular formula is C24H21ClN4O2S. The highest BCUT2D eigenvalue weighted by Crippen LogP contribution is 2.34. The van der Waals surface area contributed by atoms with Gasteiger partial charge in [-0.05, 0) is 44.0 Å². The molecule has 6 nitrogen and oxygen atoms in total. The summed E-state index contributed by atoms with van der Waals surface area (Å²) in [4.78, 5) is 19.3. The molecule has 2 aromatic carbocycles. The van der Waals surface area contributed by atoms with Gasteiger partial charge in [-0.1, -0.05) is 53.7 Å². The fraction of sp³-hybridized carbons (Fsp3) is 0.250. The Bertz CT molecular complexity index is 1270. The molecule has 0 radical (unpaired) electrons. The molecule has 0 aliphatic carbocycles. The summed E-state index contributed by atoms with van der Waals surface area (Å²) in [5, 5.41) is 10.2. The Morgan fingerprint density at radius 3 is 2.62 bits per heavy atom. The molecule has 1 atom stereocenters. The highest BCUT2D eigenvalue weighted by molar-refractivity contribution is 8.00. The number of amides is 1. The van der Waals surface area contributed by atoms with Gasteiger partial charge in [-0.3, -0.25) is 4.79 Å². The topological polar surface area (TPSA) is 72.1 Å². The Balaban J connectivity index is 1.47. The van der Waals surface area contributed by atoms with Crippen molar-refractivity contribution in [3.8, 4) is 22.7 Å². The molecule has 1 amide bonds. The lowest BCUT2D eigenvalue weighted by Crippen LogP contribution is -2.34. The van der Waals surface area contributed by atoms with Crippen molar-refractivity contribution in [2.75, 3.05) is 13.1 Å². The third kappa shape index (κ3) is 4.23. The number of benzene rings is 2. The van der Waals surface area contributed by atoms with Crippen molar-refractivity contribution in [2.45, 2.75) is 30.2 Å². The number of likely N-dealkylation sites (tertiary alicyclic amines) is 1. The maximum atomic E-state index is 12.6. The van der Waals surface area contributed by atoms with Crippen LogP contribution >= 0.6 is 23.4 Å². The highest BCUT2D eigenvalue weighted by atomic mass is 35.5. The summed E-state index contributed by atoms with van der Waals surface area (Å²) in [6, 6.07) is 17.4. The summed E-state index contributed by atoms with van der Waals surface area (Å²) in [6.45, 7) is 3.54. The van der Waals surface area contributed by atoms with E-state index in [0.717, 1.165) is 53.7 Å². The van der Waals surface area contributed by atoms with Gasteiger partial charge < -0.3 is 9.32 Å². The molecule has 5 rings (SSSR count). The number of pyridine rings is 1. The first-order valence-corrected chi connectivity index (χ1v) is 11.8. The van der Waals surface area contributed by atoms with E-state index in [-0.39, 0.29) is 11.2 Å². The summed E-state index contributed by atoms with van der Waals surface area (Å²) >= 11 is 7.35. The van der Waals surface area contributed by atoms with Gasteiger partial charge in [0.1, 0.15) is 0 Å². The normalized spacial score (nSPS) is 14.8. The van der Waals surface area contributed by atoms with E-state index in [2.05, 4.69) is 10.2 Å². The molecule has 0 saturated carbocycles. The molecule has 1 saturated heterocycles. The Morgan fingerprint density at radius 2 is 1.84 bits per heavy atom. The smallest absolute Gasteiger partial charge is 0.277 e. The van der Waals surface area contributed by atoms with E-state index in [9.17, 15) is 4.79 Å². The van der Waals surface area contributed by atoms with Gasteiger partial charge in [0.15, 0.2) is 0 Å². The molecule has 3 heterocycles. The molecule has 4 aromatic rings. The number of nitrogens with zero attached hydrogens (tertiary/aromatic N) is 4. The van der Waals surface area contributed by atoms with Crippen LogP contribution in [0, 0.1) is 0 Å². The van der Waals surface area contributed by atoms with E-state index < -0.39 is 0 Å². The molecule has 1 aliphatic heterocycles. The SMILES string of the molecule is CC(Sc1nnc(-c2cc(-c3ccc(Cl)cc3)nc3ccccc23)o1)C(=O)N1CCCC1. The zero-order valence-electron chi connectivity index (χ0n) is 17.5. The fourth-order valence-corrected chi connectivity index (χ4v) is 4.78. The van der Waals surface area contributed by atoms with Crippen LogP contribution in [0.1, 0.15) is 19.8 Å². The second kappa shape index (κ2) is 8.92. The average Bonchev–Trinajstić information content (AvgIpc) is 3.51. The first-order chi connectivity index (χ1) is 15.6. The third-order valence-electron chi connectivity index (χ3n) is 5.54. The molecular weight excluding hydrogens is 444 g/mol. The molecule has 1 aliphatic rings. The Kier molecular flexibility index (Phi) is 5.85. The van der Waals surface area contributed by atoms with Crippen molar-refractivity contribution in [3.63, 3.8) is 0 Å². The van der Waals surface area contributed by atoms with Gasteiger partial charge in [0, 0.05) is 29.1 Å².